The van der Waals surface area contributed by atoms with Crippen molar-refractivity contribution in [3.8, 4) is 5.75 Å². The number of ether oxygens (including phenoxy) is 1. The number of amides is 1. The number of carbonyl (C=O) groups excluding carboxylic acids is 1. The number of benzene rings is 2. The summed E-state index contributed by atoms with van der Waals surface area (Å²) in [7, 11) is 1.62. The number of carboxylic acid groups (broad SMARTS) is 2. The quantitative estimate of drug-likeness (QED) is 0.505. The smallest absolute Gasteiger partial charge is 0.414 e. The molecule has 3 rings (SSSR count). The van der Waals surface area contributed by atoms with Gasteiger partial charge in [0.1, 0.15) is 5.75 Å². The van der Waals surface area contributed by atoms with E-state index >= 15 is 0 Å². The molecule has 2 aromatic carbocycles. The fourth-order valence-corrected chi connectivity index (χ4v) is 3.28. The van der Waals surface area contributed by atoms with Gasteiger partial charge in [0, 0.05) is 57.4 Å². The molecular formula is C25H31N3O6. The fourth-order valence-electron chi connectivity index (χ4n) is 3.28. The van der Waals surface area contributed by atoms with Crippen LogP contribution in [0.2, 0.25) is 0 Å². The molecule has 0 unspecified atom stereocenters. The minimum absolute atomic E-state index is 0.0430. The van der Waals surface area contributed by atoms with E-state index in [-0.39, 0.29) is 5.91 Å². The minimum Gasteiger partial charge on any atom is -0.497 e. The number of nitrogens with one attached hydrogen (secondary N) is 1. The van der Waals surface area contributed by atoms with E-state index in [1.54, 1.807) is 7.11 Å². The van der Waals surface area contributed by atoms with Crippen molar-refractivity contribution in [1.29, 1.82) is 0 Å². The van der Waals surface area contributed by atoms with Crippen molar-refractivity contribution >= 4 is 29.6 Å². The van der Waals surface area contributed by atoms with E-state index in [1.807, 2.05) is 30.3 Å². The average Bonchev–Trinajstić information content (AvgIpc) is 2.84. The molecule has 0 atom stereocenters. The number of hydrogen-bond donors (Lipinski definition) is 3. The van der Waals surface area contributed by atoms with Gasteiger partial charge in [0.15, 0.2) is 0 Å². The highest BCUT2D eigenvalue weighted by molar-refractivity contribution is 6.27. The number of piperazine rings is 1. The molecule has 2 aromatic rings. The summed E-state index contributed by atoms with van der Waals surface area (Å²) >= 11 is 0. The lowest BCUT2D eigenvalue weighted by Crippen LogP contribution is -2.46. The van der Waals surface area contributed by atoms with Crippen LogP contribution >= 0.6 is 0 Å². The molecule has 0 bridgehead atoms. The van der Waals surface area contributed by atoms with Crippen molar-refractivity contribution in [2.24, 2.45) is 0 Å². The molecule has 34 heavy (non-hydrogen) atoms. The van der Waals surface area contributed by atoms with E-state index in [2.05, 4.69) is 51.5 Å². The van der Waals surface area contributed by atoms with Crippen LogP contribution in [0.25, 0.3) is 6.08 Å². The van der Waals surface area contributed by atoms with Crippen LogP contribution in [0.4, 0.5) is 5.69 Å². The Bertz CT molecular complexity index is 944. The van der Waals surface area contributed by atoms with E-state index in [1.165, 1.54) is 5.56 Å². The highest BCUT2D eigenvalue weighted by atomic mass is 16.5. The first-order valence-electron chi connectivity index (χ1n) is 10.9. The lowest BCUT2D eigenvalue weighted by Gasteiger charge is -2.34. The van der Waals surface area contributed by atoms with Crippen LogP contribution in [0.1, 0.15) is 12.0 Å². The van der Waals surface area contributed by atoms with Crippen LogP contribution in [0.5, 0.6) is 5.75 Å². The van der Waals surface area contributed by atoms with Gasteiger partial charge < -0.3 is 25.2 Å². The lowest BCUT2D eigenvalue weighted by atomic mass is 10.2. The third-order valence-electron chi connectivity index (χ3n) is 5.13. The summed E-state index contributed by atoms with van der Waals surface area (Å²) < 4.78 is 5.19. The Balaban J connectivity index is 0.000000604. The topological polar surface area (TPSA) is 119 Å². The highest BCUT2D eigenvalue weighted by Crippen LogP contribution is 2.16. The maximum Gasteiger partial charge on any atom is 0.414 e. The van der Waals surface area contributed by atoms with Crippen molar-refractivity contribution in [3.63, 3.8) is 0 Å². The molecule has 9 heteroatoms. The second-order valence-corrected chi connectivity index (χ2v) is 7.60. The van der Waals surface area contributed by atoms with Gasteiger partial charge in [0.25, 0.3) is 0 Å². The molecule has 1 aliphatic rings. The summed E-state index contributed by atoms with van der Waals surface area (Å²) in [6.45, 7) is 5.85. The number of rotatable bonds is 8. The van der Waals surface area contributed by atoms with E-state index in [4.69, 9.17) is 24.5 Å². The Morgan fingerprint density at radius 2 is 1.59 bits per heavy atom. The van der Waals surface area contributed by atoms with Crippen LogP contribution in [-0.4, -0.2) is 84.2 Å². The molecule has 1 fully saturated rings. The predicted octanol–water partition coefficient (Wildman–Crippen LogP) is 2.51. The molecule has 1 amide bonds. The van der Waals surface area contributed by atoms with Crippen LogP contribution in [0.3, 0.4) is 0 Å². The summed E-state index contributed by atoms with van der Waals surface area (Å²) in [5, 5.41) is 17.7. The Morgan fingerprint density at radius 1 is 0.941 bits per heavy atom. The molecular weight excluding hydrogens is 438 g/mol. The number of methoxy groups -OCH3 is 1. The van der Waals surface area contributed by atoms with Crippen molar-refractivity contribution in [2.75, 3.05) is 51.7 Å². The summed E-state index contributed by atoms with van der Waals surface area (Å²) in [6.07, 6.45) is 4.91. The maximum atomic E-state index is 12.2. The molecule has 182 valence electrons. The highest BCUT2D eigenvalue weighted by Gasteiger charge is 2.16. The number of aliphatic carboxylic acids is 2. The summed E-state index contributed by atoms with van der Waals surface area (Å²) in [4.78, 5) is 35.2. The molecule has 0 aromatic heterocycles. The van der Waals surface area contributed by atoms with Gasteiger partial charge in [-0.25, -0.2) is 9.59 Å². The van der Waals surface area contributed by atoms with Gasteiger partial charge in [0.05, 0.1) is 7.11 Å². The number of nitrogens with zero attached hydrogens (tertiary/aromatic N) is 2. The Kier molecular flexibility index (Phi) is 11.3. The van der Waals surface area contributed by atoms with Gasteiger partial charge in [-0.2, -0.15) is 0 Å². The van der Waals surface area contributed by atoms with Crippen molar-refractivity contribution in [1.82, 2.24) is 9.80 Å². The molecule has 0 saturated carbocycles. The first-order valence-corrected chi connectivity index (χ1v) is 10.9. The van der Waals surface area contributed by atoms with Gasteiger partial charge in [-0.15, -0.1) is 0 Å². The third-order valence-corrected chi connectivity index (χ3v) is 5.13. The Hall–Kier alpha value is -3.69. The van der Waals surface area contributed by atoms with E-state index < -0.39 is 11.9 Å². The third kappa shape index (κ3) is 10.3. The number of hydrogen-bond acceptors (Lipinski definition) is 6. The Labute approximate surface area is 199 Å². The fraction of sp³-hybridized carbons (Fsp3) is 0.320. The molecule has 1 heterocycles. The van der Waals surface area contributed by atoms with E-state index in [0.717, 1.165) is 50.7 Å². The molecule has 1 saturated heterocycles. The van der Waals surface area contributed by atoms with Gasteiger partial charge in [-0.05, 0) is 17.7 Å². The lowest BCUT2D eigenvalue weighted by molar-refractivity contribution is -0.159. The SMILES string of the molecule is COc1cccc(NC(=O)CCN2CCN(CC=Cc3ccccc3)CC2)c1.O=C(O)C(=O)O. The average molecular weight is 470 g/mol. The van der Waals surface area contributed by atoms with Gasteiger partial charge in [-0.1, -0.05) is 48.6 Å². The first kappa shape index (κ1) is 26.6. The second-order valence-electron chi connectivity index (χ2n) is 7.60. The summed E-state index contributed by atoms with van der Waals surface area (Å²) in [6, 6.07) is 17.8. The monoisotopic (exact) mass is 469 g/mol. The normalized spacial score (nSPS) is 14.1. The standard InChI is InChI=1S/C23H29N3O2.C2H2O4/c1-28-22-11-5-10-21(19-22)24-23(27)12-14-26-17-15-25(16-18-26)13-6-9-20-7-3-2-4-8-20;3-1(4)2(5)6/h2-11,19H,12-18H2,1H3,(H,24,27);(H,3,4)(H,5,6). The second kappa shape index (κ2) is 14.5. The van der Waals surface area contributed by atoms with Crippen molar-refractivity contribution in [2.45, 2.75) is 6.42 Å². The molecule has 0 aliphatic carbocycles. The van der Waals surface area contributed by atoms with Crippen molar-refractivity contribution in [3.05, 3.63) is 66.2 Å². The number of carbonyl (C=O) groups is 3. The zero-order chi connectivity index (χ0) is 24.8. The molecule has 9 nitrogen and oxygen atoms in total. The van der Waals surface area contributed by atoms with Crippen molar-refractivity contribution < 1.29 is 29.3 Å². The van der Waals surface area contributed by atoms with Crippen LogP contribution in [0.15, 0.2) is 60.7 Å². The van der Waals surface area contributed by atoms with E-state index in [9.17, 15) is 4.79 Å². The molecule has 1 aliphatic heterocycles. The van der Waals surface area contributed by atoms with Gasteiger partial charge >= 0.3 is 11.9 Å². The van der Waals surface area contributed by atoms with Gasteiger partial charge in [0.2, 0.25) is 5.91 Å². The summed E-state index contributed by atoms with van der Waals surface area (Å²) in [5.41, 5.74) is 2.02. The van der Waals surface area contributed by atoms with Crippen LogP contribution < -0.4 is 10.1 Å². The Morgan fingerprint density at radius 3 is 2.21 bits per heavy atom. The van der Waals surface area contributed by atoms with Gasteiger partial charge in [-0.3, -0.25) is 9.69 Å². The number of anilines is 1. The van der Waals surface area contributed by atoms with Crippen LogP contribution in [0, 0.1) is 0 Å². The summed E-state index contributed by atoms with van der Waals surface area (Å²) in [5.74, 6) is -2.86. The predicted molar refractivity (Wildman–Crippen MR) is 130 cm³/mol. The van der Waals surface area contributed by atoms with E-state index in [0.29, 0.717) is 6.42 Å². The zero-order valence-corrected chi connectivity index (χ0v) is 19.2. The largest absolute Gasteiger partial charge is 0.497 e. The minimum atomic E-state index is -1.82. The maximum absolute atomic E-state index is 12.2. The zero-order valence-electron chi connectivity index (χ0n) is 19.2. The van der Waals surface area contributed by atoms with Crippen LogP contribution in [-0.2, 0) is 14.4 Å². The molecule has 0 spiro atoms. The first-order chi connectivity index (χ1) is 16.4. The molecule has 0 radical (unpaired) electrons. The number of carboxylic acids is 2. The molecule has 3 N–H and O–H groups in total.